The molecule has 0 bridgehead atoms. The van der Waals surface area contributed by atoms with Gasteiger partial charge in [-0.1, -0.05) is 6.92 Å². The predicted octanol–water partition coefficient (Wildman–Crippen LogP) is 4.22. The smallest absolute Gasteiger partial charge is 0.263 e. The fraction of sp³-hybridized carbons (Fsp3) is 0.467. The van der Waals surface area contributed by atoms with Gasteiger partial charge in [-0.3, -0.25) is 9.36 Å². The van der Waals surface area contributed by atoms with Crippen molar-refractivity contribution in [2.45, 2.75) is 56.6 Å². The number of hydrogen-bond donors (Lipinski definition) is 0. The van der Waals surface area contributed by atoms with Crippen LogP contribution >= 0.6 is 34.6 Å². The second kappa shape index (κ2) is 6.33. The Morgan fingerprint density at radius 2 is 2.00 bits per heavy atom. The van der Waals surface area contributed by atoms with Crippen molar-refractivity contribution in [3.8, 4) is 0 Å². The Balaban J connectivity index is 2.18. The van der Waals surface area contributed by atoms with Gasteiger partial charge in [0.1, 0.15) is 10.7 Å². The van der Waals surface area contributed by atoms with Gasteiger partial charge in [-0.05, 0) is 56.6 Å². The van der Waals surface area contributed by atoms with Crippen molar-refractivity contribution in [1.82, 2.24) is 18.9 Å². The third kappa shape index (κ3) is 2.95. The second-order valence-electron chi connectivity index (χ2n) is 5.56. The molecule has 0 radical (unpaired) electrons. The molecule has 0 fully saturated rings. The monoisotopic (exact) mass is 366 g/mol. The molecule has 0 amide bonds. The van der Waals surface area contributed by atoms with Crippen molar-refractivity contribution >= 4 is 44.8 Å². The average molecular weight is 367 g/mol. The molecule has 3 heterocycles. The number of fused-ring (bicyclic) bond motifs is 1. The van der Waals surface area contributed by atoms with E-state index in [1.54, 1.807) is 15.9 Å². The van der Waals surface area contributed by atoms with Gasteiger partial charge >= 0.3 is 0 Å². The van der Waals surface area contributed by atoms with Gasteiger partial charge in [0, 0.05) is 17.3 Å². The predicted molar refractivity (Wildman–Crippen MR) is 97.1 cm³/mol. The van der Waals surface area contributed by atoms with Crippen LogP contribution < -0.4 is 5.56 Å². The van der Waals surface area contributed by atoms with E-state index in [2.05, 4.69) is 9.36 Å². The SMILES string of the molecule is CCc1nsc(Sc2nc3sc(C)c(C)c3c(=O)n2C(C)C)n1. The van der Waals surface area contributed by atoms with Gasteiger partial charge < -0.3 is 0 Å². The summed E-state index contributed by atoms with van der Waals surface area (Å²) < 4.78 is 6.89. The number of rotatable bonds is 4. The van der Waals surface area contributed by atoms with E-state index in [9.17, 15) is 4.79 Å². The van der Waals surface area contributed by atoms with Crippen molar-refractivity contribution in [3.63, 3.8) is 0 Å². The fourth-order valence-electron chi connectivity index (χ4n) is 2.32. The number of aryl methyl sites for hydroxylation is 3. The average Bonchev–Trinajstić information content (AvgIpc) is 3.04. The van der Waals surface area contributed by atoms with Crippen LogP contribution in [0.5, 0.6) is 0 Å². The van der Waals surface area contributed by atoms with E-state index in [-0.39, 0.29) is 11.6 Å². The summed E-state index contributed by atoms with van der Waals surface area (Å²) in [7, 11) is 0. The first kappa shape index (κ1) is 16.6. The van der Waals surface area contributed by atoms with Gasteiger partial charge in [0.2, 0.25) is 0 Å². The topological polar surface area (TPSA) is 60.7 Å². The Morgan fingerprint density at radius 1 is 1.26 bits per heavy atom. The molecule has 3 rings (SSSR count). The molecule has 3 aromatic heterocycles. The van der Waals surface area contributed by atoms with Gasteiger partial charge in [0.25, 0.3) is 5.56 Å². The highest BCUT2D eigenvalue weighted by Crippen LogP contribution is 2.33. The van der Waals surface area contributed by atoms with Crippen LogP contribution in [0.3, 0.4) is 0 Å². The summed E-state index contributed by atoms with van der Waals surface area (Å²) in [6.07, 6.45) is 0.809. The Morgan fingerprint density at radius 3 is 2.61 bits per heavy atom. The maximum Gasteiger partial charge on any atom is 0.263 e. The zero-order valence-corrected chi connectivity index (χ0v) is 16.2. The van der Waals surface area contributed by atoms with E-state index in [0.717, 1.165) is 37.2 Å². The standard InChI is InChI=1S/C15H18N4OS3/c1-6-10-16-15(23-18-10)22-14-17-12-11(8(4)9(5)21-12)13(20)19(14)7(2)3/h7H,6H2,1-5H3. The quantitative estimate of drug-likeness (QED) is 0.647. The minimum absolute atomic E-state index is 0.0366. The zero-order valence-electron chi connectivity index (χ0n) is 13.7. The summed E-state index contributed by atoms with van der Waals surface area (Å²) in [5, 5.41) is 1.44. The van der Waals surface area contributed by atoms with Crippen LogP contribution in [0.2, 0.25) is 0 Å². The molecule has 0 atom stereocenters. The van der Waals surface area contributed by atoms with Crippen molar-refractivity contribution in [1.29, 1.82) is 0 Å². The molecule has 0 aliphatic carbocycles. The summed E-state index contributed by atoms with van der Waals surface area (Å²) in [5.74, 6) is 0.833. The molecule has 8 heteroatoms. The number of nitrogens with zero attached hydrogens (tertiary/aromatic N) is 4. The van der Waals surface area contributed by atoms with Crippen LogP contribution in [0.4, 0.5) is 0 Å². The first-order chi connectivity index (χ1) is 10.9. The largest absolute Gasteiger partial charge is 0.284 e. The van der Waals surface area contributed by atoms with Crippen LogP contribution in [0.15, 0.2) is 14.3 Å². The van der Waals surface area contributed by atoms with E-state index in [1.807, 2.05) is 34.6 Å². The van der Waals surface area contributed by atoms with E-state index in [0.29, 0.717) is 5.16 Å². The summed E-state index contributed by atoms with van der Waals surface area (Å²) in [6.45, 7) is 10.1. The summed E-state index contributed by atoms with van der Waals surface area (Å²) >= 11 is 4.36. The third-order valence-electron chi connectivity index (χ3n) is 3.66. The maximum absolute atomic E-state index is 13.0. The highest BCUT2D eigenvalue weighted by atomic mass is 32.2. The number of thiophene rings is 1. The Kier molecular flexibility index (Phi) is 4.57. The van der Waals surface area contributed by atoms with Gasteiger partial charge in [0.15, 0.2) is 9.50 Å². The molecule has 5 nitrogen and oxygen atoms in total. The zero-order chi connectivity index (χ0) is 16.7. The van der Waals surface area contributed by atoms with Crippen molar-refractivity contribution in [2.24, 2.45) is 0 Å². The van der Waals surface area contributed by atoms with Gasteiger partial charge in [-0.15, -0.1) is 11.3 Å². The maximum atomic E-state index is 13.0. The van der Waals surface area contributed by atoms with Crippen LogP contribution in [0.1, 0.15) is 43.1 Å². The molecule has 3 aromatic rings. The molecule has 0 aliphatic heterocycles. The van der Waals surface area contributed by atoms with Gasteiger partial charge in [0.05, 0.1) is 5.39 Å². The normalized spacial score (nSPS) is 11.7. The number of aromatic nitrogens is 4. The Bertz CT molecular complexity index is 923. The molecule has 0 N–H and O–H groups in total. The molecular weight excluding hydrogens is 348 g/mol. The van der Waals surface area contributed by atoms with E-state index in [4.69, 9.17) is 4.98 Å². The van der Waals surface area contributed by atoms with Crippen molar-refractivity contribution < 1.29 is 0 Å². The molecular formula is C15H18N4OS3. The lowest BCUT2D eigenvalue weighted by Crippen LogP contribution is -2.24. The van der Waals surface area contributed by atoms with Crippen LogP contribution in [0.25, 0.3) is 10.2 Å². The molecule has 23 heavy (non-hydrogen) atoms. The lowest BCUT2D eigenvalue weighted by Gasteiger charge is -2.14. The first-order valence-corrected chi connectivity index (χ1v) is 9.85. The molecule has 0 aromatic carbocycles. The lowest BCUT2D eigenvalue weighted by atomic mass is 10.2. The number of hydrogen-bond acceptors (Lipinski definition) is 7. The van der Waals surface area contributed by atoms with E-state index < -0.39 is 0 Å². The van der Waals surface area contributed by atoms with Crippen molar-refractivity contribution in [2.75, 3.05) is 0 Å². The summed E-state index contributed by atoms with van der Waals surface area (Å²) in [5.41, 5.74) is 1.08. The van der Waals surface area contributed by atoms with E-state index in [1.165, 1.54) is 23.3 Å². The summed E-state index contributed by atoms with van der Waals surface area (Å²) in [4.78, 5) is 24.1. The van der Waals surface area contributed by atoms with Crippen LogP contribution in [-0.2, 0) is 6.42 Å². The Hall–Kier alpha value is -1.25. The molecule has 0 unspecified atom stereocenters. The fourth-order valence-corrected chi connectivity index (χ4v) is 5.21. The van der Waals surface area contributed by atoms with Gasteiger partial charge in [-0.2, -0.15) is 4.37 Å². The van der Waals surface area contributed by atoms with Crippen molar-refractivity contribution in [3.05, 3.63) is 26.6 Å². The van der Waals surface area contributed by atoms with E-state index >= 15 is 0 Å². The lowest BCUT2D eigenvalue weighted by molar-refractivity contribution is 0.519. The minimum Gasteiger partial charge on any atom is -0.284 e. The molecule has 0 aliphatic rings. The first-order valence-electron chi connectivity index (χ1n) is 7.45. The Labute approximate surface area is 147 Å². The highest BCUT2D eigenvalue weighted by molar-refractivity contribution is 8.00. The molecule has 0 saturated heterocycles. The molecule has 0 saturated carbocycles. The van der Waals surface area contributed by atoms with Gasteiger partial charge in [-0.25, -0.2) is 9.97 Å². The van der Waals surface area contributed by atoms with Crippen LogP contribution in [-0.4, -0.2) is 18.9 Å². The summed E-state index contributed by atoms with van der Waals surface area (Å²) in [6, 6.07) is 0.0417. The highest BCUT2D eigenvalue weighted by Gasteiger charge is 2.19. The molecule has 0 spiro atoms. The minimum atomic E-state index is 0.0366. The third-order valence-corrected chi connectivity index (χ3v) is 6.52. The molecule has 122 valence electrons. The van der Waals surface area contributed by atoms with Crippen LogP contribution in [0, 0.1) is 13.8 Å². The second-order valence-corrected chi connectivity index (χ2v) is 8.73.